The van der Waals surface area contributed by atoms with E-state index in [1.165, 1.54) is 0 Å². The summed E-state index contributed by atoms with van der Waals surface area (Å²) in [7, 11) is 0. The van der Waals surface area contributed by atoms with Gasteiger partial charge in [0, 0.05) is 21.8 Å². The molecule has 1 heterocycles. The summed E-state index contributed by atoms with van der Waals surface area (Å²) in [5.74, 6) is -0.877. The zero-order valence-electron chi connectivity index (χ0n) is 9.20. The van der Waals surface area contributed by atoms with Gasteiger partial charge in [-0.15, -0.1) is 0 Å². The molecular weight excluding hydrogens is 240 g/mol. The van der Waals surface area contributed by atoms with Crippen LogP contribution in [0.4, 0.5) is 0 Å². The highest BCUT2D eigenvalue weighted by molar-refractivity contribution is 6.30. The zero-order valence-corrected chi connectivity index (χ0v) is 9.95. The van der Waals surface area contributed by atoms with E-state index in [1.807, 2.05) is 12.1 Å². The van der Waals surface area contributed by atoms with Gasteiger partial charge in [-0.05, 0) is 19.1 Å². The van der Waals surface area contributed by atoms with Gasteiger partial charge in [-0.1, -0.05) is 23.7 Å². The number of hydrogen-bond acceptors (Lipinski definition) is 2. The molecule has 1 aromatic carbocycles. The van der Waals surface area contributed by atoms with Crippen molar-refractivity contribution in [3.63, 3.8) is 0 Å². The van der Waals surface area contributed by atoms with Gasteiger partial charge in [0.05, 0.1) is 12.1 Å². The third kappa shape index (κ3) is 2.47. The zero-order chi connectivity index (χ0) is 12.4. The molecule has 0 atom stereocenters. The highest BCUT2D eigenvalue weighted by Gasteiger charge is 2.15. The van der Waals surface area contributed by atoms with Crippen molar-refractivity contribution in [3.05, 3.63) is 40.5 Å². The molecule has 0 saturated heterocycles. The first-order valence-electron chi connectivity index (χ1n) is 5.09. The molecular formula is C12H11ClN2O2. The van der Waals surface area contributed by atoms with E-state index in [2.05, 4.69) is 10.2 Å². The maximum Gasteiger partial charge on any atom is 0.307 e. The number of carboxylic acid groups (broad SMARTS) is 1. The summed E-state index contributed by atoms with van der Waals surface area (Å²) in [4.78, 5) is 10.8. The number of hydrogen-bond donors (Lipinski definition) is 2. The molecule has 0 radical (unpaired) electrons. The third-order valence-corrected chi connectivity index (χ3v) is 2.74. The number of H-pyrrole nitrogens is 1. The van der Waals surface area contributed by atoms with E-state index >= 15 is 0 Å². The molecule has 0 spiro atoms. The lowest BCUT2D eigenvalue weighted by molar-refractivity contribution is -0.136. The van der Waals surface area contributed by atoms with Crippen molar-refractivity contribution in [3.8, 4) is 11.3 Å². The molecule has 1 aromatic heterocycles. The van der Waals surface area contributed by atoms with Gasteiger partial charge in [-0.2, -0.15) is 5.10 Å². The van der Waals surface area contributed by atoms with E-state index in [-0.39, 0.29) is 6.42 Å². The van der Waals surface area contributed by atoms with E-state index in [0.29, 0.717) is 16.3 Å². The first kappa shape index (κ1) is 11.7. The van der Waals surface area contributed by atoms with E-state index in [9.17, 15) is 4.79 Å². The van der Waals surface area contributed by atoms with E-state index in [1.54, 1.807) is 19.1 Å². The first-order valence-corrected chi connectivity index (χ1v) is 5.47. The number of aromatic amines is 1. The van der Waals surface area contributed by atoms with Crippen molar-refractivity contribution in [2.24, 2.45) is 0 Å². The van der Waals surface area contributed by atoms with Crippen molar-refractivity contribution in [2.75, 3.05) is 0 Å². The number of carbonyl (C=O) groups is 1. The van der Waals surface area contributed by atoms with Crippen LogP contribution in [0.25, 0.3) is 11.3 Å². The van der Waals surface area contributed by atoms with Gasteiger partial charge in [0.15, 0.2) is 0 Å². The van der Waals surface area contributed by atoms with Crippen LogP contribution in [0.1, 0.15) is 11.3 Å². The number of aliphatic carboxylic acids is 1. The van der Waals surface area contributed by atoms with Crippen molar-refractivity contribution in [1.29, 1.82) is 0 Å². The Hall–Kier alpha value is -1.81. The molecule has 88 valence electrons. The second-order valence-electron chi connectivity index (χ2n) is 3.76. The van der Waals surface area contributed by atoms with Gasteiger partial charge in [-0.25, -0.2) is 0 Å². The van der Waals surface area contributed by atoms with Gasteiger partial charge in [-0.3, -0.25) is 9.89 Å². The van der Waals surface area contributed by atoms with Crippen molar-refractivity contribution >= 4 is 17.6 Å². The average molecular weight is 251 g/mol. The summed E-state index contributed by atoms with van der Waals surface area (Å²) in [6.45, 7) is 1.80. The van der Waals surface area contributed by atoms with Crippen LogP contribution < -0.4 is 0 Å². The highest BCUT2D eigenvalue weighted by atomic mass is 35.5. The van der Waals surface area contributed by atoms with Gasteiger partial charge >= 0.3 is 5.97 Å². The number of benzene rings is 1. The van der Waals surface area contributed by atoms with Crippen LogP contribution in [-0.2, 0) is 11.2 Å². The van der Waals surface area contributed by atoms with Crippen molar-refractivity contribution < 1.29 is 9.90 Å². The SMILES string of the molecule is Cc1[nH]nc(-c2cccc(Cl)c2)c1CC(=O)O. The fourth-order valence-electron chi connectivity index (χ4n) is 1.69. The first-order chi connectivity index (χ1) is 8.08. The van der Waals surface area contributed by atoms with Crippen LogP contribution in [-0.4, -0.2) is 21.3 Å². The Morgan fingerprint density at radius 2 is 2.29 bits per heavy atom. The molecule has 2 N–H and O–H groups in total. The molecule has 2 aromatic rings. The molecule has 17 heavy (non-hydrogen) atoms. The smallest absolute Gasteiger partial charge is 0.307 e. The Balaban J connectivity index is 2.48. The highest BCUT2D eigenvalue weighted by Crippen LogP contribution is 2.26. The van der Waals surface area contributed by atoms with E-state index < -0.39 is 5.97 Å². The number of nitrogens with zero attached hydrogens (tertiary/aromatic N) is 1. The minimum Gasteiger partial charge on any atom is -0.481 e. The summed E-state index contributed by atoms with van der Waals surface area (Å²) >= 11 is 5.91. The predicted molar refractivity (Wildman–Crippen MR) is 65.1 cm³/mol. The molecule has 0 aliphatic heterocycles. The number of rotatable bonds is 3. The maximum absolute atomic E-state index is 10.8. The fourth-order valence-corrected chi connectivity index (χ4v) is 1.88. The lowest BCUT2D eigenvalue weighted by atomic mass is 10.0. The quantitative estimate of drug-likeness (QED) is 0.880. The topological polar surface area (TPSA) is 66.0 Å². The van der Waals surface area contributed by atoms with Crippen molar-refractivity contribution in [1.82, 2.24) is 10.2 Å². The molecule has 4 nitrogen and oxygen atoms in total. The summed E-state index contributed by atoms with van der Waals surface area (Å²) < 4.78 is 0. The Morgan fingerprint density at radius 3 is 2.94 bits per heavy atom. The molecule has 0 saturated carbocycles. The summed E-state index contributed by atoms with van der Waals surface area (Å²) in [5, 5.41) is 16.4. The van der Waals surface area contributed by atoms with Crippen LogP contribution in [0, 0.1) is 6.92 Å². The fraction of sp³-hybridized carbons (Fsp3) is 0.167. The largest absolute Gasteiger partial charge is 0.481 e. The molecule has 0 fully saturated rings. The summed E-state index contributed by atoms with van der Waals surface area (Å²) in [6.07, 6.45) is -0.0514. The number of aryl methyl sites for hydroxylation is 1. The third-order valence-electron chi connectivity index (χ3n) is 2.50. The lowest BCUT2D eigenvalue weighted by Gasteiger charge is -2.01. The van der Waals surface area contributed by atoms with Gasteiger partial charge in [0.1, 0.15) is 0 Å². The van der Waals surface area contributed by atoms with Crippen LogP contribution in [0.15, 0.2) is 24.3 Å². The molecule has 0 unspecified atom stereocenters. The second-order valence-corrected chi connectivity index (χ2v) is 4.19. The normalized spacial score (nSPS) is 10.5. The summed E-state index contributed by atoms with van der Waals surface area (Å²) in [5.41, 5.74) is 2.92. The number of carboxylic acids is 1. The Morgan fingerprint density at radius 1 is 1.53 bits per heavy atom. The minimum atomic E-state index is -0.877. The Bertz CT molecular complexity index is 563. The molecule has 0 aliphatic carbocycles. The standard InChI is InChI=1S/C12H11ClN2O2/c1-7-10(6-11(16)17)12(15-14-7)8-3-2-4-9(13)5-8/h2-5H,6H2,1H3,(H,14,15)(H,16,17). The van der Waals surface area contributed by atoms with Crippen molar-refractivity contribution in [2.45, 2.75) is 13.3 Å². The monoisotopic (exact) mass is 250 g/mol. The van der Waals surface area contributed by atoms with E-state index in [4.69, 9.17) is 16.7 Å². The van der Waals surface area contributed by atoms with Crippen LogP contribution >= 0.6 is 11.6 Å². The molecule has 0 aliphatic rings. The minimum absolute atomic E-state index is 0.0514. The number of nitrogens with one attached hydrogen (secondary N) is 1. The van der Waals surface area contributed by atoms with Gasteiger partial charge < -0.3 is 5.11 Å². The average Bonchev–Trinajstić information content (AvgIpc) is 2.60. The molecule has 5 heteroatoms. The van der Waals surface area contributed by atoms with Crippen LogP contribution in [0.3, 0.4) is 0 Å². The number of halogens is 1. The molecule has 0 amide bonds. The lowest BCUT2D eigenvalue weighted by Crippen LogP contribution is -2.02. The predicted octanol–water partition coefficient (Wildman–Crippen LogP) is 2.67. The Labute approximate surface area is 103 Å². The van der Waals surface area contributed by atoms with Crippen LogP contribution in [0.2, 0.25) is 5.02 Å². The van der Waals surface area contributed by atoms with Gasteiger partial charge in [0.25, 0.3) is 0 Å². The number of aromatic nitrogens is 2. The van der Waals surface area contributed by atoms with E-state index in [0.717, 1.165) is 11.3 Å². The second kappa shape index (κ2) is 4.59. The van der Waals surface area contributed by atoms with Crippen LogP contribution in [0.5, 0.6) is 0 Å². The summed E-state index contributed by atoms with van der Waals surface area (Å²) in [6, 6.07) is 7.20. The molecule has 0 bridgehead atoms. The maximum atomic E-state index is 10.8. The Kier molecular flexibility index (Phi) is 3.15. The molecule has 2 rings (SSSR count). The van der Waals surface area contributed by atoms with Gasteiger partial charge in [0.2, 0.25) is 0 Å².